The van der Waals surface area contributed by atoms with Crippen molar-refractivity contribution in [1.82, 2.24) is 9.29 Å². The molecule has 3 aromatic rings. The van der Waals surface area contributed by atoms with E-state index in [2.05, 4.69) is 39.0 Å². The Morgan fingerprint density at radius 3 is 2.63 bits per heavy atom. The molecule has 0 radical (unpaired) electrons. The van der Waals surface area contributed by atoms with E-state index in [-0.39, 0.29) is 17.0 Å². The van der Waals surface area contributed by atoms with Crippen LogP contribution < -0.4 is 0 Å². The number of Topliss-reactive ketones (excluding diaryl/α,β-unsaturated/α-hetero) is 1. The zero-order valence-corrected chi connectivity index (χ0v) is 21.4. The highest BCUT2D eigenvalue weighted by Crippen LogP contribution is 2.64. The van der Waals surface area contributed by atoms with Crippen molar-refractivity contribution in [3.63, 3.8) is 0 Å². The lowest BCUT2D eigenvalue weighted by Crippen LogP contribution is -2.46. The molecule has 6 rings (SSSR count). The van der Waals surface area contributed by atoms with Gasteiger partial charge in [0.05, 0.1) is 5.75 Å². The molecular formula is C28H32N2O4S. The van der Waals surface area contributed by atoms with Crippen LogP contribution in [0.1, 0.15) is 63.4 Å². The highest BCUT2D eigenvalue weighted by molar-refractivity contribution is 7.89. The van der Waals surface area contributed by atoms with Crippen LogP contribution in [0.15, 0.2) is 46.9 Å². The molecule has 2 aliphatic carbocycles. The molecule has 0 spiro atoms. The van der Waals surface area contributed by atoms with E-state index < -0.39 is 21.5 Å². The van der Waals surface area contributed by atoms with Gasteiger partial charge in [0.15, 0.2) is 5.58 Å². The molecule has 3 aliphatic rings. The number of oxazole rings is 1. The Kier molecular flexibility index (Phi) is 5.07. The fourth-order valence-corrected chi connectivity index (χ4v) is 9.37. The second kappa shape index (κ2) is 7.74. The molecule has 0 amide bonds. The summed E-state index contributed by atoms with van der Waals surface area (Å²) >= 11 is 0. The van der Waals surface area contributed by atoms with Crippen molar-refractivity contribution < 1.29 is 17.6 Å². The average molecular weight is 493 g/mol. The molecule has 1 saturated heterocycles. The summed E-state index contributed by atoms with van der Waals surface area (Å²) in [4.78, 5) is 17.7. The predicted molar refractivity (Wildman–Crippen MR) is 135 cm³/mol. The Hall–Kier alpha value is -2.51. The lowest BCUT2D eigenvalue weighted by atomic mass is 9.70. The highest BCUT2D eigenvalue weighted by Gasteiger charge is 2.66. The third kappa shape index (κ3) is 3.42. The number of nitrogens with zero attached hydrogens (tertiary/aromatic N) is 2. The maximum absolute atomic E-state index is 13.8. The molecule has 2 heterocycles. The van der Waals surface area contributed by atoms with Gasteiger partial charge in [0.25, 0.3) is 0 Å². The van der Waals surface area contributed by atoms with Gasteiger partial charge < -0.3 is 4.42 Å². The topological polar surface area (TPSA) is 80.5 Å². The van der Waals surface area contributed by atoms with Gasteiger partial charge in [-0.15, -0.1) is 0 Å². The summed E-state index contributed by atoms with van der Waals surface area (Å²) in [6.07, 6.45) is 3.55. The minimum atomic E-state index is -3.67. The minimum Gasteiger partial charge on any atom is -0.439 e. The maximum atomic E-state index is 13.8. The van der Waals surface area contributed by atoms with E-state index in [4.69, 9.17) is 9.40 Å². The van der Waals surface area contributed by atoms with E-state index in [9.17, 15) is 13.2 Å². The third-order valence-corrected chi connectivity index (χ3v) is 11.2. The number of hydrogen-bond acceptors (Lipinski definition) is 5. The first-order chi connectivity index (χ1) is 16.6. The number of sulfonamides is 1. The van der Waals surface area contributed by atoms with Crippen molar-refractivity contribution >= 4 is 26.9 Å². The second-order valence-corrected chi connectivity index (χ2v) is 13.2. The number of carbonyl (C=O) groups excluding carboxylic acids is 1. The molecular weight excluding hydrogens is 460 g/mol. The molecule has 184 valence electrons. The van der Waals surface area contributed by atoms with Crippen molar-refractivity contribution in [1.29, 1.82) is 0 Å². The van der Waals surface area contributed by atoms with E-state index in [1.54, 1.807) is 4.31 Å². The molecule has 2 saturated carbocycles. The molecule has 0 unspecified atom stereocenters. The number of benzene rings is 2. The molecule has 1 aromatic heterocycles. The molecule has 2 bridgehead atoms. The minimum absolute atomic E-state index is 0.101. The lowest BCUT2D eigenvalue weighted by Gasteiger charge is -2.37. The summed E-state index contributed by atoms with van der Waals surface area (Å²) in [5.41, 5.74) is 3.68. The Labute approximate surface area is 206 Å². The predicted octanol–water partition coefficient (Wildman–Crippen LogP) is 5.67. The number of rotatable bonds is 5. The summed E-state index contributed by atoms with van der Waals surface area (Å²) in [6, 6.07) is 13.8. The van der Waals surface area contributed by atoms with Crippen molar-refractivity contribution in [2.75, 3.05) is 12.3 Å². The van der Waals surface area contributed by atoms with Crippen LogP contribution in [0.5, 0.6) is 0 Å². The van der Waals surface area contributed by atoms with Crippen LogP contribution >= 0.6 is 0 Å². The van der Waals surface area contributed by atoms with Gasteiger partial charge in [0, 0.05) is 18.4 Å². The summed E-state index contributed by atoms with van der Waals surface area (Å²) < 4.78 is 35.2. The number of hydrogen-bond donors (Lipinski definition) is 0. The Bertz CT molecular complexity index is 1440. The Balaban J connectivity index is 1.31. The largest absolute Gasteiger partial charge is 0.439 e. The van der Waals surface area contributed by atoms with E-state index in [1.165, 1.54) is 5.56 Å². The lowest BCUT2D eigenvalue weighted by molar-refractivity contribution is -0.128. The number of aryl methyl sites for hydroxylation is 1. The maximum Gasteiger partial charge on any atom is 0.215 e. The number of carbonyl (C=O) groups is 1. The van der Waals surface area contributed by atoms with Crippen LogP contribution in [-0.2, 0) is 14.8 Å². The molecule has 3 atom stereocenters. The number of ketones is 1. The third-order valence-electron chi connectivity index (χ3n) is 9.17. The smallest absolute Gasteiger partial charge is 0.215 e. The summed E-state index contributed by atoms with van der Waals surface area (Å²) in [6.45, 7) is 6.67. The van der Waals surface area contributed by atoms with Gasteiger partial charge in [0.1, 0.15) is 17.3 Å². The number of aromatic nitrogens is 1. The highest BCUT2D eigenvalue weighted by atomic mass is 32.2. The van der Waals surface area contributed by atoms with E-state index >= 15 is 0 Å². The standard InChI is InChI=1S/C28H32N2O4S/c1-18-6-4-7-19(14-18)20-9-10-24-22(15-20)29-26(34-24)23-8-5-13-30(23)35(32,33)17-28-12-11-21(16-25(28)31)27(28,2)3/h4,6-7,9-10,14-15,21,23H,5,8,11-13,16-17H2,1-3H3/t21-,23-,28-/m0/s1. The first-order valence-corrected chi connectivity index (χ1v) is 14.2. The molecule has 0 N–H and O–H groups in total. The summed E-state index contributed by atoms with van der Waals surface area (Å²) in [5.74, 6) is 0.764. The van der Waals surface area contributed by atoms with Crippen molar-refractivity contribution in [3.05, 3.63) is 53.9 Å². The van der Waals surface area contributed by atoms with Gasteiger partial charge in [-0.05, 0) is 67.2 Å². The van der Waals surface area contributed by atoms with Gasteiger partial charge in [-0.25, -0.2) is 13.4 Å². The van der Waals surface area contributed by atoms with E-state index in [0.717, 1.165) is 29.5 Å². The van der Waals surface area contributed by atoms with Crippen molar-refractivity contribution in [3.8, 4) is 11.1 Å². The first kappa shape index (κ1) is 22.9. The fraction of sp³-hybridized carbons (Fsp3) is 0.500. The number of fused-ring (bicyclic) bond motifs is 3. The fourth-order valence-electron chi connectivity index (χ4n) is 6.91. The zero-order chi connectivity index (χ0) is 24.6. The van der Waals surface area contributed by atoms with Gasteiger partial charge >= 0.3 is 0 Å². The quantitative estimate of drug-likeness (QED) is 0.459. The first-order valence-electron chi connectivity index (χ1n) is 12.6. The van der Waals surface area contributed by atoms with E-state index in [1.807, 2.05) is 24.3 Å². The second-order valence-electron chi connectivity index (χ2n) is 11.3. The van der Waals surface area contributed by atoms with Crippen LogP contribution in [-0.4, -0.2) is 35.8 Å². The Morgan fingerprint density at radius 1 is 1.11 bits per heavy atom. The normalized spacial score (nSPS) is 28.4. The van der Waals surface area contributed by atoms with Gasteiger partial charge in [-0.2, -0.15) is 4.31 Å². The average Bonchev–Trinajstić information content (AvgIpc) is 3.54. The molecule has 1 aliphatic heterocycles. The zero-order valence-electron chi connectivity index (χ0n) is 20.6. The van der Waals surface area contributed by atoms with Crippen LogP contribution in [0.2, 0.25) is 0 Å². The van der Waals surface area contributed by atoms with Crippen LogP contribution in [0.25, 0.3) is 22.2 Å². The summed E-state index contributed by atoms with van der Waals surface area (Å²) in [5, 5.41) is 0. The van der Waals surface area contributed by atoms with Gasteiger partial charge in [-0.1, -0.05) is 49.7 Å². The molecule has 3 fully saturated rings. The van der Waals surface area contributed by atoms with Crippen molar-refractivity contribution in [2.24, 2.45) is 16.7 Å². The van der Waals surface area contributed by atoms with Gasteiger partial charge in [-0.3, -0.25) is 4.79 Å². The monoisotopic (exact) mass is 492 g/mol. The van der Waals surface area contributed by atoms with Crippen LogP contribution in [0.4, 0.5) is 0 Å². The molecule has 2 aromatic carbocycles. The molecule has 7 heteroatoms. The SMILES string of the molecule is Cc1cccc(-c2ccc3oc([C@@H]4CCCN4S(=O)(=O)C[C@@]45CC[C@@H](CC4=O)C5(C)C)nc3c2)c1. The molecule has 6 nitrogen and oxygen atoms in total. The Morgan fingerprint density at radius 2 is 1.91 bits per heavy atom. The molecule has 35 heavy (non-hydrogen) atoms. The summed E-state index contributed by atoms with van der Waals surface area (Å²) in [7, 11) is -3.67. The van der Waals surface area contributed by atoms with E-state index in [0.29, 0.717) is 43.2 Å². The van der Waals surface area contributed by atoms with Crippen LogP contribution in [0.3, 0.4) is 0 Å². The van der Waals surface area contributed by atoms with Crippen LogP contribution in [0, 0.1) is 23.7 Å². The van der Waals surface area contributed by atoms with Crippen molar-refractivity contribution in [2.45, 2.75) is 58.9 Å². The van der Waals surface area contributed by atoms with Gasteiger partial charge in [0.2, 0.25) is 15.9 Å².